The van der Waals surface area contributed by atoms with Gasteiger partial charge in [-0.2, -0.15) is 4.31 Å². The first-order valence-corrected chi connectivity index (χ1v) is 10.0. The summed E-state index contributed by atoms with van der Waals surface area (Å²) in [4.78, 5) is 6.76. The zero-order valence-electron chi connectivity index (χ0n) is 15.1. The fraction of sp³-hybridized carbons (Fsp3) is 0.421. The van der Waals surface area contributed by atoms with Crippen LogP contribution in [-0.4, -0.2) is 48.8 Å². The monoisotopic (exact) mass is 359 g/mol. The number of pyridine rings is 1. The second kappa shape index (κ2) is 7.23. The van der Waals surface area contributed by atoms with E-state index in [4.69, 9.17) is 0 Å². The van der Waals surface area contributed by atoms with Gasteiger partial charge in [0.25, 0.3) is 0 Å². The van der Waals surface area contributed by atoms with E-state index in [-0.39, 0.29) is 0 Å². The number of piperazine rings is 1. The maximum Gasteiger partial charge on any atom is 0.243 e. The normalized spacial score (nSPS) is 16.9. The molecule has 0 unspecified atom stereocenters. The smallest absolute Gasteiger partial charge is 0.243 e. The molecule has 0 amide bonds. The van der Waals surface area contributed by atoms with Crippen molar-refractivity contribution in [1.82, 2.24) is 14.2 Å². The van der Waals surface area contributed by atoms with Crippen molar-refractivity contribution in [2.45, 2.75) is 32.2 Å². The molecule has 0 spiro atoms. The third kappa shape index (κ3) is 3.92. The molecule has 5 nitrogen and oxygen atoms in total. The molecule has 0 aliphatic carbocycles. The quantitative estimate of drug-likeness (QED) is 0.842. The second-order valence-electron chi connectivity index (χ2n) is 6.74. The summed E-state index contributed by atoms with van der Waals surface area (Å²) in [5.41, 5.74) is 4.16. The van der Waals surface area contributed by atoms with Crippen LogP contribution in [0.3, 0.4) is 0 Å². The minimum absolute atomic E-state index is 0.443. The molecule has 0 bridgehead atoms. The van der Waals surface area contributed by atoms with Crippen LogP contribution < -0.4 is 0 Å². The van der Waals surface area contributed by atoms with Gasteiger partial charge in [-0.05, 0) is 61.2 Å². The van der Waals surface area contributed by atoms with E-state index in [0.717, 1.165) is 36.3 Å². The van der Waals surface area contributed by atoms with Crippen LogP contribution in [0, 0.1) is 20.8 Å². The van der Waals surface area contributed by atoms with Gasteiger partial charge in [-0.25, -0.2) is 8.42 Å². The van der Waals surface area contributed by atoms with Gasteiger partial charge in [0.15, 0.2) is 0 Å². The molecular weight excluding hydrogens is 334 g/mol. The largest absolute Gasteiger partial charge is 0.296 e. The Hall–Kier alpha value is -1.76. The van der Waals surface area contributed by atoms with Crippen LogP contribution in [0.15, 0.2) is 41.6 Å². The van der Waals surface area contributed by atoms with Crippen LogP contribution >= 0.6 is 0 Å². The first kappa shape index (κ1) is 18.0. The molecule has 3 rings (SSSR count). The molecule has 0 radical (unpaired) electrons. The van der Waals surface area contributed by atoms with Gasteiger partial charge in [0.05, 0.1) is 4.90 Å². The van der Waals surface area contributed by atoms with Crippen LogP contribution in [-0.2, 0) is 16.6 Å². The van der Waals surface area contributed by atoms with Gasteiger partial charge in [0.2, 0.25) is 10.0 Å². The minimum Gasteiger partial charge on any atom is -0.296 e. The van der Waals surface area contributed by atoms with Crippen molar-refractivity contribution >= 4 is 10.0 Å². The molecule has 1 aromatic carbocycles. The van der Waals surface area contributed by atoms with Gasteiger partial charge in [0, 0.05) is 45.1 Å². The molecule has 2 heterocycles. The van der Waals surface area contributed by atoms with Gasteiger partial charge in [-0.3, -0.25) is 9.88 Å². The van der Waals surface area contributed by atoms with E-state index < -0.39 is 10.0 Å². The van der Waals surface area contributed by atoms with Crippen molar-refractivity contribution in [1.29, 1.82) is 0 Å². The van der Waals surface area contributed by atoms with Gasteiger partial charge >= 0.3 is 0 Å². The van der Waals surface area contributed by atoms with Crippen LogP contribution in [0.2, 0.25) is 0 Å². The topological polar surface area (TPSA) is 53.5 Å². The Bertz CT molecular complexity index is 842. The number of sulfonamides is 1. The lowest BCUT2D eigenvalue weighted by molar-refractivity contribution is 0.181. The number of aromatic nitrogens is 1. The van der Waals surface area contributed by atoms with Crippen molar-refractivity contribution in [2.24, 2.45) is 0 Å². The van der Waals surface area contributed by atoms with Crippen LogP contribution in [0.5, 0.6) is 0 Å². The van der Waals surface area contributed by atoms with Crippen LogP contribution in [0.25, 0.3) is 0 Å². The lowest BCUT2D eigenvalue weighted by Gasteiger charge is -2.34. The first-order chi connectivity index (χ1) is 11.9. The summed E-state index contributed by atoms with van der Waals surface area (Å²) in [6, 6.07) is 7.77. The highest BCUT2D eigenvalue weighted by molar-refractivity contribution is 7.89. The van der Waals surface area contributed by atoms with Crippen LogP contribution in [0.1, 0.15) is 22.3 Å². The Labute approximate surface area is 150 Å². The molecule has 0 saturated carbocycles. The fourth-order valence-corrected chi connectivity index (χ4v) is 4.94. The number of hydrogen-bond donors (Lipinski definition) is 0. The van der Waals surface area contributed by atoms with Crippen LogP contribution in [0.4, 0.5) is 0 Å². The Morgan fingerprint density at radius 2 is 1.52 bits per heavy atom. The SMILES string of the molecule is Cc1cc(C)c(S(=O)(=O)N2CCN(Cc3ccncc3)CC2)cc1C. The van der Waals surface area contributed by atoms with E-state index in [1.807, 2.05) is 45.0 Å². The van der Waals surface area contributed by atoms with E-state index in [9.17, 15) is 8.42 Å². The number of benzene rings is 1. The van der Waals surface area contributed by atoms with Gasteiger partial charge < -0.3 is 0 Å². The molecular formula is C19H25N3O2S. The lowest BCUT2D eigenvalue weighted by atomic mass is 10.1. The summed E-state index contributed by atoms with van der Waals surface area (Å²) in [6.45, 7) is 9.21. The van der Waals surface area contributed by atoms with Crippen molar-refractivity contribution < 1.29 is 8.42 Å². The molecule has 1 aliphatic heterocycles. The van der Waals surface area contributed by atoms with Crippen molar-refractivity contribution in [2.75, 3.05) is 26.2 Å². The molecule has 1 fully saturated rings. The zero-order valence-corrected chi connectivity index (χ0v) is 15.9. The predicted octanol–water partition coefficient (Wildman–Crippen LogP) is 2.51. The third-order valence-corrected chi connectivity index (χ3v) is 6.94. The molecule has 134 valence electrons. The molecule has 1 aromatic heterocycles. The number of hydrogen-bond acceptors (Lipinski definition) is 4. The van der Waals surface area contributed by atoms with Crippen molar-refractivity contribution in [3.05, 3.63) is 58.9 Å². The number of rotatable bonds is 4. The van der Waals surface area contributed by atoms with Gasteiger partial charge in [-0.15, -0.1) is 0 Å². The van der Waals surface area contributed by atoms with E-state index in [1.54, 1.807) is 16.7 Å². The van der Waals surface area contributed by atoms with E-state index in [0.29, 0.717) is 18.0 Å². The maximum atomic E-state index is 13.0. The molecule has 0 atom stereocenters. The zero-order chi connectivity index (χ0) is 18.0. The Kier molecular flexibility index (Phi) is 5.22. The molecule has 2 aromatic rings. The number of nitrogens with zero attached hydrogens (tertiary/aromatic N) is 3. The summed E-state index contributed by atoms with van der Waals surface area (Å²) in [5.74, 6) is 0. The third-order valence-electron chi connectivity index (χ3n) is 4.90. The van der Waals surface area contributed by atoms with Crippen molar-refractivity contribution in [3.8, 4) is 0 Å². The van der Waals surface area contributed by atoms with Crippen molar-refractivity contribution in [3.63, 3.8) is 0 Å². The fourth-order valence-electron chi connectivity index (χ4n) is 3.23. The summed E-state index contributed by atoms with van der Waals surface area (Å²) in [6.07, 6.45) is 3.58. The summed E-state index contributed by atoms with van der Waals surface area (Å²) in [7, 11) is -3.43. The Morgan fingerprint density at radius 3 is 2.16 bits per heavy atom. The number of aryl methyl sites for hydroxylation is 3. The first-order valence-electron chi connectivity index (χ1n) is 8.57. The molecule has 0 N–H and O–H groups in total. The molecule has 6 heteroatoms. The lowest BCUT2D eigenvalue weighted by Crippen LogP contribution is -2.48. The predicted molar refractivity (Wildman–Crippen MR) is 98.9 cm³/mol. The summed E-state index contributed by atoms with van der Waals surface area (Å²) >= 11 is 0. The average Bonchev–Trinajstić information content (AvgIpc) is 2.59. The molecule has 1 saturated heterocycles. The summed E-state index contributed by atoms with van der Waals surface area (Å²) < 4.78 is 27.7. The Morgan fingerprint density at radius 1 is 0.920 bits per heavy atom. The van der Waals surface area contributed by atoms with E-state index >= 15 is 0 Å². The van der Waals surface area contributed by atoms with Gasteiger partial charge in [-0.1, -0.05) is 6.07 Å². The summed E-state index contributed by atoms with van der Waals surface area (Å²) in [5, 5.41) is 0. The second-order valence-corrected chi connectivity index (χ2v) is 8.64. The molecule has 25 heavy (non-hydrogen) atoms. The molecule has 1 aliphatic rings. The Balaban J connectivity index is 1.71. The highest BCUT2D eigenvalue weighted by atomic mass is 32.2. The van der Waals surface area contributed by atoms with E-state index in [1.165, 1.54) is 5.56 Å². The standard InChI is InChI=1S/C19H25N3O2S/c1-15-12-17(3)19(13-16(15)2)25(23,24)22-10-8-21(9-11-22)14-18-4-6-20-7-5-18/h4-7,12-13H,8-11,14H2,1-3H3. The highest BCUT2D eigenvalue weighted by Gasteiger charge is 2.29. The average molecular weight is 359 g/mol. The van der Waals surface area contributed by atoms with Gasteiger partial charge in [0.1, 0.15) is 0 Å². The highest BCUT2D eigenvalue weighted by Crippen LogP contribution is 2.24. The van der Waals surface area contributed by atoms with E-state index in [2.05, 4.69) is 9.88 Å². The maximum absolute atomic E-state index is 13.0. The minimum atomic E-state index is -3.43.